The van der Waals surface area contributed by atoms with Gasteiger partial charge in [-0.25, -0.2) is 9.97 Å². The summed E-state index contributed by atoms with van der Waals surface area (Å²) in [6, 6.07) is 14.2. The molecule has 3 heterocycles. The molecule has 21 nitrogen and oxygen atoms in total. The van der Waals surface area contributed by atoms with Crippen molar-refractivity contribution < 1.29 is 72.3 Å². The van der Waals surface area contributed by atoms with Gasteiger partial charge in [0, 0.05) is 41.3 Å². The highest BCUT2D eigenvalue weighted by Gasteiger charge is 2.50. The summed E-state index contributed by atoms with van der Waals surface area (Å²) in [5, 5.41) is 32.0. The van der Waals surface area contributed by atoms with Crippen LogP contribution in [0, 0.1) is 25.7 Å². The summed E-state index contributed by atoms with van der Waals surface area (Å²) in [7, 11) is 5.60. The van der Waals surface area contributed by atoms with Gasteiger partial charge in [0.2, 0.25) is 11.8 Å². The van der Waals surface area contributed by atoms with Gasteiger partial charge in [-0.2, -0.15) is 0 Å². The number of rotatable bonds is 31. The lowest BCUT2D eigenvalue weighted by Gasteiger charge is -2.28. The highest BCUT2D eigenvalue weighted by molar-refractivity contribution is 7.13. The molecule has 23 heteroatoms. The maximum absolute atomic E-state index is 13.3. The first-order valence-corrected chi connectivity index (χ1v) is 25.5. The smallest absolute Gasteiger partial charge is 0.263 e. The molecule has 0 radical (unpaired) electrons. The zero-order valence-electron chi connectivity index (χ0n) is 43.4. The molecule has 1 fully saturated rings. The van der Waals surface area contributed by atoms with Gasteiger partial charge in [-0.1, -0.05) is 60.7 Å². The lowest BCUT2D eigenvalue weighted by atomic mass is 9.90. The van der Waals surface area contributed by atoms with E-state index in [1.54, 1.807) is 51.1 Å². The Morgan fingerprint density at radius 3 is 1.37 bits per heavy atom. The average Bonchev–Trinajstić information content (AvgIpc) is 3.73. The van der Waals surface area contributed by atoms with Gasteiger partial charge in [0.1, 0.15) is 33.0 Å². The van der Waals surface area contributed by atoms with Crippen LogP contribution >= 0.6 is 22.7 Å². The number of benzene rings is 2. The molecular weight excluding hydrogens is 1010 g/mol. The van der Waals surface area contributed by atoms with E-state index in [1.807, 2.05) is 30.3 Å². The highest BCUT2D eigenvalue weighted by atomic mass is 32.1. The number of carbonyl (C=O) groups is 8. The van der Waals surface area contributed by atoms with Gasteiger partial charge in [-0.3, -0.25) is 38.4 Å². The van der Waals surface area contributed by atoms with Crippen molar-refractivity contribution in [2.75, 3.05) is 68.1 Å². The molecule has 0 unspecified atom stereocenters. The molecule has 8 atom stereocenters. The number of Topliss-reactive ketones (excluding diaryl/α,β-unsaturated/α-hetero) is 4. The summed E-state index contributed by atoms with van der Waals surface area (Å²) >= 11 is 2.39. The van der Waals surface area contributed by atoms with Crippen LogP contribution in [0.3, 0.4) is 0 Å². The van der Waals surface area contributed by atoms with E-state index in [2.05, 4.69) is 31.2 Å². The molecular formula is C52H68N6O15S2. The zero-order valence-corrected chi connectivity index (χ0v) is 45.0. The van der Waals surface area contributed by atoms with Gasteiger partial charge in [0.25, 0.3) is 11.8 Å². The van der Waals surface area contributed by atoms with Gasteiger partial charge < -0.3 is 55.2 Å². The Hall–Kier alpha value is -6.02. The van der Waals surface area contributed by atoms with Crippen LogP contribution < -0.4 is 21.3 Å². The molecule has 75 heavy (non-hydrogen) atoms. The second kappa shape index (κ2) is 29.9. The number of aliphatic hydroxyl groups excluding tert-OH is 1. The minimum atomic E-state index is -2.08. The number of ketones is 4. The van der Waals surface area contributed by atoms with Crippen molar-refractivity contribution in [2.45, 2.75) is 88.7 Å². The summed E-state index contributed by atoms with van der Waals surface area (Å²) < 4.78 is 25.9. The van der Waals surface area contributed by atoms with Crippen molar-refractivity contribution in [3.63, 3.8) is 0 Å². The lowest BCUT2D eigenvalue weighted by Crippen LogP contribution is -2.55. The Labute approximate surface area is 443 Å². The molecule has 1 aliphatic heterocycles. The van der Waals surface area contributed by atoms with Crippen LogP contribution in [-0.2, 0) is 65.3 Å². The third-order valence-corrected chi connectivity index (χ3v) is 13.7. The Morgan fingerprint density at radius 2 is 1.03 bits per heavy atom. The molecule has 1 aliphatic rings. The molecule has 2 aromatic carbocycles. The number of carbonyl (C=O) groups excluding carboxylic acids is 8. The van der Waals surface area contributed by atoms with Crippen molar-refractivity contribution in [3.05, 3.63) is 104 Å². The number of aryl methyl sites for hydroxylation is 2. The number of thiazole rings is 2. The minimum Gasteiger partial charge on any atom is -0.393 e. The van der Waals surface area contributed by atoms with E-state index in [9.17, 15) is 48.6 Å². The predicted molar refractivity (Wildman–Crippen MR) is 276 cm³/mol. The third-order valence-electron chi connectivity index (χ3n) is 11.9. The number of hydrogen-bond donors (Lipinski definition) is 6. The SMILES string of the molecule is COC[C@@H](CC(=O)[C@H](COC)NC(=O)c1cnc(C)s1)C(=O)N[C@@H](Cc1ccccc1)C(=O)[C@@]1(C)CO1.COC[C@H](CC(=O)[C@H](COC)NC(=O)c1cnc(C)s1)C(=O)N[C@@H](Cc1ccccc1)C(=O)[C@](C)(O)CO. The molecule has 0 spiro atoms. The van der Waals surface area contributed by atoms with Crippen molar-refractivity contribution in [3.8, 4) is 0 Å². The molecule has 0 saturated carbocycles. The van der Waals surface area contributed by atoms with E-state index in [1.165, 1.54) is 63.5 Å². The summed E-state index contributed by atoms with van der Waals surface area (Å²) in [6.45, 7) is 5.50. The van der Waals surface area contributed by atoms with E-state index in [-0.39, 0.29) is 57.9 Å². The van der Waals surface area contributed by atoms with Crippen LogP contribution in [0.5, 0.6) is 0 Å². The van der Waals surface area contributed by atoms with Crippen molar-refractivity contribution >= 4 is 69.4 Å². The number of nitrogens with one attached hydrogen (secondary N) is 4. The molecule has 5 rings (SSSR count). The predicted octanol–water partition coefficient (Wildman–Crippen LogP) is 1.96. The molecule has 6 N–H and O–H groups in total. The van der Waals surface area contributed by atoms with Gasteiger partial charge in [-0.15, -0.1) is 22.7 Å². The average molecular weight is 1080 g/mol. The highest BCUT2D eigenvalue weighted by Crippen LogP contribution is 2.29. The van der Waals surface area contributed by atoms with E-state index >= 15 is 0 Å². The second-order valence-corrected chi connectivity index (χ2v) is 20.7. The molecule has 0 aliphatic carbocycles. The number of methoxy groups -OCH3 is 4. The fraction of sp³-hybridized carbons (Fsp3) is 0.500. The summed E-state index contributed by atoms with van der Waals surface area (Å²) in [5.41, 5.74) is -1.41. The van der Waals surface area contributed by atoms with Crippen molar-refractivity contribution in [1.29, 1.82) is 0 Å². The van der Waals surface area contributed by atoms with E-state index in [4.69, 9.17) is 23.7 Å². The number of ether oxygens (including phenoxy) is 5. The quantitative estimate of drug-likeness (QED) is 0.0393. The fourth-order valence-corrected chi connectivity index (χ4v) is 8.91. The Bertz CT molecular complexity index is 2540. The van der Waals surface area contributed by atoms with Crippen LogP contribution in [0.4, 0.5) is 0 Å². The van der Waals surface area contributed by atoms with Crippen molar-refractivity contribution in [1.82, 2.24) is 31.2 Å². The number of aromatic nitrogens is 2. The second-order valence-electron chi connectivity index (χ2n) is 18.3. The number of aliphatic hydroxyl groups is 2. The van der Waals surface area contributed by atoms with Gasteiger partial charge in [-0.05, 0) is 51.7 Å². The summed E-state index contributed by atoms with van der Waals surface area (Å²) in [4.78, 5) is 113. The third kappa shape index (κ3) is 19.3. The maximum Gasteiger partial charge on any atom is 0.263 e. The lowest BCUT2D eigenvalue weighted by molar-refractivity contribution is -0.144. The van der Waals surface area contributed by atoms with Crippen LogP contribution in [-0.4, -0.2) is 170 Å². The van der Waals surface area contributed by atoms with E-state index in [0.717, 1.165) is 23.1 Å². The normalized spacial score (nSPS) is 17.0. The van der Waals surface area contributed by atoms with Crippen molar-refractivity contribution in [2.24, 2.45) is 11.8 Å². The molecule has 2 aromatic heterocycles. The molecule has 408 valence electrons. The monoisotopic (exact) mass is 1080 g/mol. The summed E-state index contributed by atoms with van der Waals surface area (Å²) in [5.74, 6) is -5.81. The Balaban J connectivity index is 0.000000325. The largest absolute Gasteiger partial charge is 0.393 e. The number of epoxide rings is 1. The Morgan fingerprint density at radius 1 is 0.640 bits per heavy atom. The molecule has 0 bridgehead atoms. The maximum atomic E-state index is 13.3. The van der Waals surface area contributed by atoms with Crippen LogP contribution in [0.1, 0.15) is 67.2 Å². The standard InChI is InChI=1S/C26H35N3O8S.C26H33N3O7S/c1-16-27-12-22(38-16)25(34)29-20(14-37-4)21(31)11-18(13-36-3)24(33)28-19(23(32)26(2,35)15-30)10-17-8-6-5-7-9-17;1-16-27-12-22(37-16)25(33)29-20(14-35-4)21(30)11-18(13-34-3)24(32)28-19(23(31)26(2)15-36-26)10-17-8-6-5-7-9-17/h5-9,12,18-20,30,35H,10-11,13-15H2,1-4H3,(H,28,33)(H,29,34);5-9,12,18-20H,10-11,13-15H2,1-4H3,(H,28,32)(H,29,33)/t18-,19-,20-,26+;18-,19+,20+,26-/m01/s1. The minimum absolute atomic E-state index is 0.0424. The van der Waals surface area contributed by atoms with Gasteiger partial charge in [0.05, 0.1) is 86.0 Å². The van der Waals surface area contributed by atoms with Gasteiger partial charge in [0.15, 0.2) is 23.1 Å². The first-order valence-electron chi connectivity index (χ1n) is 23.9. The van der Waals surface area contributed by atoms with E-state index in [0.29, 0.717) is 21.4 Å². The Kier molecular flexibility index (Phi) is 24.5. The van der Waals surface area contributed by atoms with Crippen LogP contribution in [0.2, 0.25) is 0 Å². The number of nitrogens with zero attached hydrogens (tertiary/aromatic N) is 2. The number of hydrogen-bond acceptors (Lipinski definition) is 19. The molecule has 1 saturated heterocycles. The fourth-order valence-electron chi connectivity index (χ4n) is 7.55. The zero-order chi connectivity index (χ0) is 55.3. The van der Waals surface area contributed by atoms with Crippen LogP contribution in [0.25, 0.3) is 0 Å². The van der Waals surface area contributed by atoms with Crippen LogP contribution in [0.15, 0.2) is 73.1 Å². The molecule has 4 aromatic rings. The van der Waals surface area contributed by atoms with E-state index < -0.39 is 94.8 Å². The summed E-state index contributed by atoms with van der Waals surface area (Å²) in [6.07, 6.45) is 2.68. The first kappa shape index (κ1) is 61.5. The number of amides is 4. The topological polar surface area (TPSA) is 300 Å². The molecule has 4 amide bonds. The first-order chi connectivity index (χ1) is 35.7. The van der Waals surface area contributed by atoms with Gasteiger partial charge >= 0.3 is 0 Å².